The molecule has 0 radical (unpaired) electrons. The molecule has 7 heteroatoms. The molecule has 4 heterocycles. The summed E-state index contributed by atoms with van der Waals surface area (Å²) < 4.78 is 5.01. The Morgan fingerprint density at radius 1 is 1.28 bits per heavy atom. The van der Waals surface area contributed by atoms with Crippen molar-refractivity contribution in [2.45, 2.75) is 26.2 Å². The lowest BCUT2D eigenvalue weighted by atomic mass is 9.78. The number of aryl methyl sites for hydroxylation is 1. The Morgan fingerprint density at radius 2 is 2.16 bits per heavy atom. The SMILES string of the molecule is Cc1oncc1C(=O)N1CCCC2(CCN(c3cccnc3)C2=O)C1. The van der Waals surface area contributed by atoms with Crippen LogP contribution < -0.4 is 4.90 Å². The van der Waals surface area contributed by atoms with Crippen molar-refractivity contribution < 1.29 is 14.1 Å². The molecule has 2 aliphatic rings. The fourth-order valence-corrected chi connectivity index (χ4v) is 3.94. The van der Waals surface area contributed by atoms with E-state index >= 15 is 0 Å². The fraction of sp³-hybridized carbons (Fsp3) is 0.444. The molecule has 7 nitrogen and oxygen atoms in total. The van der Waals surface area contributed by atoms with Crippen molar-refractivity contribution in [1.29, 1.82) is 0 Å². The number of pyridine rings is 1. The normalized spacial score (nSPS) is 23.5. The lowest BCUT2D eigenvalue weighted by molar-refractivity contribution is -0.127. The van der Waals surface area contributed by atoms with Crippen LogP contribution in [-0.4, -0.2) is 46.5 Å². The first-order valence-corrected chi connectivity index (χ1v) is 8.53. The first-order chi connectivity index (χ1) is 12.1. The van der Waals surface area contributed by atoms with Crippen molar-refractivity contribution in [3.8, 4) is 0 Å². The molecular weight excluding hydrogens is 320 g/mol. The summed E-state index contributed by atoms with van der Waals surface area (Å²) in [6.45, 7) is 3.50. The molecule has 1 atom stereocenters. The van der Waals surface area contributed by atoms with Gasteiger partial charge in [0.15, 0.2) is 0 Å². The highest BCUT2D eigenvalue weighted by atomic mass is 16.5. The molecule has 4 rings (SSSR count). The molecule has 2 amide bonds. The number of nitrogens with zero attached hydrogens (tertiary/aromatic N) is 4. The smallest absolute Gasteiger partial charge is 0.259 e. The maximum absolute atomic E-state index is 13.1. The first-order valence-electron chi connectivity index (χ1n) is 8.53. The Labute approximate surface area is 145 Å². The molecular formula is C18H20N4O3. The Balaban J connectivity index is 1.56. The highest BCUT2D eigenvalue weighted by Crippen LogP contribution is 2.42. The number of carbonyl (C=O) groups excluding carboxylic acids is 2. The van der Waals surface area contributed by atoms with Gasteiger partial charge in [0.1, 0.15) is 11.3 Å². The van der Waals surface area contributed by atoms with E-state index in [9.17, 15) is 9.59 Å². The molecule has 0 aromatic carbocycles. The molecule has 2 saturated heterocycles. The average Bonchev–Trinajstić information content (AvgIpc) is 3.20. The van der Waals surface area contributed by atoms with Gasteiger partial charge in [0.25, 0.3) is 5.91 Å². The van der Waals surface area contributed by atoms with Crippen LogP contribution in [0.4, 0.5) is 5.69 Å². The summed E-state index contributed by atoms with van der Waals surface area (Å²) in [5.74, 6) is 0.504. The number of amides is 2. The second-order valence-corrected chi connectivity index (χ2v) is 6.82. The van der Waals surface area contributed by atoms with Crippen molar-refractivity contribution in [1.82, 2.24) is 15.0 Å². The molecule has 2 aromatic rings. The summed E-state index contributed by atoms with van der Waals surface area (Å²) in [5, 5.41) is 3.69. The molecule has 0 saturated carbocycles. The van der Waals surface area contributed by atoms with E-state index in [1.807, 2.05) is 12.1 Å². The lowest BCUT2D eigenvalue weighted by Crippen LogP contribution is -2.50. The van der Waals surface area contributed by atoms with E-state index in [1.54, 1.807) is 29.1 Å². The third kappa shape index (κ3) is 2.59. The minimum Gasteiger partial charge on any atom is -0.361 e. The summed E-state index contributed by atoms with van der Waals surface area (Å²) >= 11 is 0. The van der Waals surface area contributed by atoms with Crippen LogP contribution in [0.1, 0.15) is 35.4 Å². The molecule has 1 unspecified atom stereocenters. The van der Waals surface area contributed by atoms with Gasteiger partial charge < -0.3 is 14.3 Å². The number of carbonyl (C=O) groups is 2. The Bertz CT molecular complexity index is 804. The largest absolute Gasteiger partial charge is 0.361 e. The number of hydrogen-bond donors (Lipinski definition) is 0. The van der Waals surface area contributed by atoms with Crippen molar-refractivity contribution in [2.24, 2.45) is 5.41 Å². The summed E-state index contributed by atoms with van der Waals surface area (Å²) in [4.78, 5) is 33.6. The second kappa shape index (κ2) is 5.98. The number of rotatable bonds is 2. The zero-order chi connectivity index (χ0) is 17.4. The summed E-state index contributed by atoms with van der Waals surface area (Å²) in [6.07, 6.45) is 7.26. The van der Waals surface area contributed by atoms with Crippen LogP contribution in [0.25, 0.3) is 0 Å². The second-order valence-electron chi connectivity index (χ2n) is 6.82. The van der Waals surface area contributed by atoms with Crippen LogP contribution in [0.5, 0.6) is 0 Å². The van der Waals surface area contributed by atoms with Crippen molar-refractivity contribution in [3.63, 3.8) is 0 Å². The Kier molecular flexibility index (Phi) is 3.78. The average molecular weight is 340 g/mol. The number of aromatic nitrogens is 2. The maximum atomic E-state index is 13.1. The molecule has 0 bridgehead atoms. The van der Waals surface area contributed by atoms with Gasteiger partial charge in [0.05, 0.1) is 23.5 Å². The number of hydrogen-bond acceptors (Lipinski definition) is 5. The first kappa shape index (κ1) is 15.8. The standard InChI is InChI=1S/C18H20N4O3/c1-13-15(11-20-25-13)16(23)21-8-3-5-18(12-21)6-9-22(17(18)24)14-4-2-7-19-10-14/h2,4,7,10-11H,3,5-6,8-9,12H2,1H3. The highest BCUT2D eigenvalue weighted by Gasteiger charge is 2.50. The van der Waals surface area contributed by atoms with E-state index in [2.05, 4.69) is 10.1 Å². The van der Waals surface area contributed by atoms with Gasteiger partial charge in [0, 0.05) is 25.8 Å². The molecule has 130 valence electrons. The van der Waals surface area contributed by atoms with Gasteiger partial charge >= 0.3 is 0 Å². The van der Waals surface area contributed by atoms with Crippen LogP contribution in [-0.2, 0) is 4.79 Å². The predicted octanol–water partition coefficient (Wildman–Crippen LogP) is 2.04. The highest BCUT2D eigenvalue weighted by molar-refractivity contribution is 6.01. The number of likely N-dealkylation sites (tertiary alicyclic amines) is 1. The maximum Gasteiger partial charge on any atom is 0.259 e. The van der Waals surface area contributed by atoms with Gasteiger partial charge in [-0.3, -0.25) is 14.6 Å². The molecule has 0 N–H and O–H groups in total. The van der Waals surface area contributed by atoms with Crippen LogP contribution in [0.2, 0.25) is 0 Å². The van der Waals surface area contributed by atoms with E-state index in [1.165, 1.54) is 6.20 Å². The minimum atomic E-state index is -0.491. The van der Waals surface area contributed by atoms with Crippen LogP contribution in [0.15, 0.2) is 35.2 Å². The predicted molar refractivity (Wildman–Crippen MR) is 90.0 cm³/mol. The third-order valence-corrected chi connectivity index (χ3v) is 5.32. The summed E-state index contributed by atoms with van der Waals surface area (Å²) in [6, 6.07) is 3.73. The quantitative estimate of drug-likeness (QED) is 0.836. The summed E-state index contributed by atoms with van der Waals surface area (Å²) in [7, 11) is 0. The topological polar surface area (TPSA) is 79.5 Å². The van der Waals surface area contributed by atoms with Gasteiger partial charge in [-0.2, -0.15) is 0 Å². The van der Waals surface area contributed by atoms with Gasteiger partial charge in [0.2, 0.25) is 5.91 Å². The van der Waals surface area contributed by atoms with Crippen LogP contribution >= 0.6 is 0 Å². The van der Waals surface area contributed by atoms with Gasteiger partial charge in [-0.25, -0.2) is 0 Å². The van der Waals surface area contributed by atoms with Gasteiger partial charge in [-0.15, -0.1) is 0 Å². The van der Waals surface area contributed by atoms with E-state index in [-0.39, 0.29) is 11.8 Å². The Hall–Kier alpha value is -2.70. The summed E-state index contributed by atoms with van der Waals surface area (Å²) in [5.41, 5.74) is 0.809. The zero-order valence-corrected chi connectivity index (χ0v) is 14.1. The van der Waals surface area contributed by atoms with E-state index in [0.717, 1.165) is 24.9 Å². The van der Waals surface area contributed by atoms with Gasteiger partial charge in [-0.1, -0.05) is 5.16 Å². The minimum absolute atomic E-state index is 0.0973. The fourth-order valence-electron chi connectivity index (χ4n) is 3.94. The van der Waals surface area contributed by atoms with Crippen LogP contribution in [0.3, 0.4) is 0 Å². The van der Waals surface area contributed by atoms with Crippen molar-refractivity contribution in [3.05, 3.63) is 42.0 Å². The van der Waals surface area contributed by atoms with E-state index < -0.39 is 5.41 Å². The van der Waals surface area contributed by atoms with E-state index in [0.29, 0.717) is 31.0 Å². The Morgan fingerprint density at radius 3 is 2.88 bits per heavy atom. The number of piperidine rings is 1. The van der Waals surface area contributed by atoms with Crippen LogP contribution in [0, 0.1) is 12.3 Å². The third-order valence-electron chi connectivity index (χ3n) is 5.32. The lowest BCUT2D eigenvalue weighted by Gasteiger charge is -2.38. The molecule has 25 heavy (non-hydrogen) atoms. The van der Waals surface area contributed by atoms with Crippen molar-refractivity contribution in [2.75, 3.05) is 24.5 Å². The molecule has 0 aliphatic carbocycles. The van der Waals surface area contributed by atoms with Gasteiger partial charge in [-0.05, 0) is 38.3 Å². The molecule has 1 spiro atoms. The molecule has 2 aliphatic heterocycles. The monoisotopic (exact) mass is 340 g/mol. The van der Waals surface area contributed by atoms with E-state index in [4.69, 9.17) is 4.52 Å². The van der Waals surface area contributed by atoms with Crippen molar-refractivity contribution >= 4 is 17.5 Å². The number of anilines is 1. The molecule has 2 fully saturated rings. The molecule has 2 aromatic heterocycles. The zero-order valence-electron chi connectivity index (χ0n) is 14.1.